The Labute approximate surface area is 138 Å². The van der Waals surface area contributed by atoms with Crippen LogP contribution in [0.25, 0.3) is 0 Å². The Bertz CT molecular complexity index is 536. The number of anilines is 1. The summed E-state index contributed by atoms with van der Waals surface area (Å²) in [5.74, 6) is 0.524. The van der Waals surface area contributed by atoms with Crippen molar-refractivity contribution < 1.29 is 14.3 Å². The minimum absolute atomic E-state index is 0.0165. The van der Waals surface area contributed by atoms with Gasteiger partial charge in [0.05, 0.1) is 0 Å². The van der Waals surface area contributed by atoms with Crippen molar-refractivity contribution >= 4 is 17.5 Å². The lowest BCUT2D eigenvalue weighted by Crippen LogP contribution is -2.44. The van der Waals surface area contributed by atoms with E-state index in [4.69, 9.17) is 4.74 Å². The Morgan fingerprint density at radius 3 is 2.35 bits per heavy atom. The molecule has 2 rings (SSSR count). The highest BCUT2D eigenvalue weighted by atomic mass is 16.5. The van der Waals surface area contributed by atoms with E-state index in [2.05, 4.69) is 5.32 Å². The van der Waals surface area contributed by atoms with Crippen LogP contribution in [0.5, 0.6) is 5.75 Å². The Balaban J connectivity index is 1.90. The highest BCUT2D eigenvalue weighted by molar-refractivity contribution is 5.88. The van der Waals surface area contributed by atoms with Gasteiger partial charge in [-0.05, 0) is 44.0 Å². The number of carbonyl (C=O) groups excluding carboxylic acids is 2. The van der Waals surface area contributed by atoms with Crippen LogP contribution in [0.2, 0.25) is 0 Å². The van der Waals surface area contributed by atoms with Crippen LogP contribution in [0.1, 0.15) is 46.0 Å². The average Bonchev–Trinajstić information content (AvgIpc) is 2.55. The minimum atomic E-state index is -0.520. The third kappa shape index (κ3) is 4.98. The van der Waals surface area contributed by atoms with Crippen LogP contribution in [0.3, 0.4) is 0 Å². The molecule has 1 saturated carbocycles. The molecule has 1 aromatic rings. The first-order valence-corrected chi connectivity index (χ1v) is 8.28. The van der Waals surface area contributed by atoms with Crippen molar-refractivity contribution in [2.45, 2.75) is 58.1 Å². The minimum Gasteiger partial charge on any atom is -0.481 e. The first-order valence-electron chi connectivity index (χ1n) is 8.28. The summed E-state index contributed by atoms with van der Waals surface area (Å²) in [5, 5.41) is 2.70. The van der Waals surface area contributed by atoms with E-state index in [1.165, 1.54) is 26.2 Å². The normalized spacial score (nSPS) is 16.5. The molecule has 0 spiro atoms. The van der Waals surface area contributed by atoms with Crippen molar-refractivity contribution in [2.75, 3.05) is 12.4 Å². The summed E-state index contributed by atoms with van der Waals surface area (Å²) in [6.07, 6.45) is 5.31. The molecule has 0 heterocycles. The van der Waals surface area contributed by atoms with Crippen LogP contribution in [0.4, 0.5) is 5.69 Å². The predicted octanol–water partition coefficient (Wildman–Crippen LogP) is 3.20. The summed E-state index contributed by atoms with van der Waals surface area (Å²) in [7, 11) is 1.87. The van der Waals surface area contributed by atoms with Crippen molar-refractivity contribution in [3.05, 3.63) is 24.3 Å². The van der Waals surface area contributed by atoms with Gasteiger partial charge in [0.25, 0.3) is 5.91 Å². The third-order valence-corrected chi connectivity index (χ3v) is 4.31. The van der Waals surface area contributed by atoms with E-state index in [1.54, 1.807) is 31.2 Å². The number of ether oxygens (including phenoxy) is 1. The fraction of sp³-hybridized carbons (Fsp3) is 0.556. The topological polar surface area (TPSA) is 58.6 Å². The Morgan fingerprint density at radius 1 is 1.17 bits per heavy atom. The zero-order valence-electron chi connectivity index (χ0n) is 14.2. The van der Waals surface area contributed by atoms with Crippen LogP contribution >= 0.6 is 0 Å². The summed E-state index contributed by atoms with van der Waals surface area (Å²) in [5.41, 5.74) is 0.711. The van der Waals surface area contributed by atoms with Gasteiger partial charge in [0, 0.05) is 25.7 Å². The van der Waals surface area contributed by atoms with Gasteiger partial charge in [-0.15, -0.1) is 0 Å². The van der Waals surface area contributed by atoms with Crippen LogP contribution < -0.4 is 10.1 Å². The molecule has 0 aromatic heterocycles. The van der Waals surface area contributed by atoms with Crippen LogP contribution in [-0.4, -0.2) is 35.9 Å². The van der Waals surface area contributed by atoms with Gasteiger partial charge in [-0.1, -0.05) is 19.3 Å². The second-order valence-electron chi connectivity index (χ2n) is 6.21. The van der Waals surface area contributed by atoms with Crippen molar-refractivity contribution in [3.8, 4) is 5.75 Å². The first-order chi connectivity index (χ1) is 11.0. The molecule has 0 saturated heterocycles. The third-order valence-electron chi connectivity index (χ3n) is 4.31. The Kier molecular flexibility index (Phi) is 6.02. The summed E-state index contributed by atoms with van der Waals surface area (Å²) in [6.45, 7) is 3.25. The quantitative estimate of drug-likeness (QED) is 0.907. The van der Waals surface area contributed by atoms with Gasteiger partial charge < -0.3 is 15.0 Å². The number of likely N-dealkylation sites (N-methyl/N-ethyl adjacent to an activating group) is 1. The number of hydrogen-bond acceptors (Lipinski definition) is 3. The molecule has 0 aliphatic heterocycles. The number of rotatable bonds is 5. The van der Waals surface area contributed by atoms with Gasteiger partial charge in [-0.2, -0.15) is 0 Å². The second-order valence-corrected chi connectivity index (χ2v) is 6.21. The number of benzene rings is 1. The van der Waals surface area contributed by atoms with Gasteiger partial charge >= 0.3 is 0 Å². The van der Waals surface area contributed by atoms with E-state index in [1.807, 2.05) is 11.9 Å². The Hall–Kier alpha value is -2.04. The van der Waals surface area contributed by atoms with E-state index < -0.39 is 6.10 Å². The molecule has 1 aliphatic carbocycles. The lowest BCUT2D eigenvalue weighted by atomic mass is 9.94. The monoisotopic (exact) mass is 318 g/mol. The standard InChI is InChI=1S/C18H26N2O3/c1-13(18(22)20(3)16-7-5-4-6-8-16)23-17-11-9-15(10-12-17)19-14(2)21/h9-13,16H,4-8H2,1-3H3,(H,19,21). The molecule has 1 unspecified atom stereocenters. The summed E-state index contributed by atoms with van der Waals surface area (Å²) >= 11 is 0. The molecule has 23 heavy (non-hydrogen) atoms. The maximum atomic E-state index is 12.5. The zero-order valence-corrected chi connectivity index (χ0v) is 14.2. The molecule has 5 nitrogen and oxygen atoms in total. The molecule has 0 radical (unpaired) electrons. The van der Waals surface area contributed by atoms with E-state index in [-0.39, 0.29) is 11.8 Å². The maximum Gasteiger partial charge on any atom is 0.263 e. The van der Waals surface area contributed by atoms with Crippen molar-refractivity contribution in [3.63, 3.8) is 0 Å². The lowest BCUT2D eigenvalue weighted by molar-refractivity contribution is -0.139. The van der Waals surface area contributed by atoms with E-state index in [9.17, 15) is 9.59 Å². The fourth-order valence-corrected chi connectivity index (χ4v) is 3.01. The van der Waals surface area contributed by atoms with Gasteiger partial charge in [0.1, 0.15) is 5.75 Å². The van der Waals surface area contributed by atoms with Gasteiger partial charge in [-0.25, -0.2) is 0 Å². The van der Waals surface area contributed by atoms with E-state index in [0.29, 0.717) is 17.5 Å². The number of amides is 2. The highest BCUT2D eigenvalue weighted by Crippen LogP contribution is 2.23. The number of nitrogens with zero attached hydrogens (tertiary/aromatic N) is 1. The van der Waals surface area contributed by atoms with Crippen LogP contribution in [0.15, 0.2) is 24.3 Å². The van der Waals surface area contributed by atoms with Gasteiger partial charge in [-0.3, -0.25) is 9.59 Å². The molecule has 1 fully saturated rings. The molecule has 1 aromatic carbocycles. The molecule has 1 aliphatic rings. The fourth-order valence-electron chi connectivity index (χ4n) is 3.01. The highest BCUT2D eigenvalue weighted by Gasteiger charge is 2.26. The molecular formula is C18H26N2O3. The SMILES string of the molecule is CC(=O)Nc1ccc(OC(C)C(=O)N(C)C2CCCCC2)cc1. The number of carbonyl (C=O) groups is 2. The molecule has 0 bridgehead atoms. The van der Waals surface area contributed by atoms with Crippen molar-refractivity contribution in [2.24, 2.45) is 0 Å². The molecular weight excluding hydrogens is 292 g/mol. The summed E-state index contributed by atoms with van der Waals surface area (Å²) in [4.78, 5) is 25.3. The summed E-state index contributed by atoms with van der Waals surface area (Å²) < 4.78 is 5.74. The van der Waals surface area contributed by atoms with Crippen molar-refractivity contribution in [1.82, 2.24) is 4.90 Å². The first kappa shape index (κ1) is 17.3. The van der Waals surface area contributed by atoms with Crippen LogP contribution in [0, 0.1) is 0 Å². The number of hydrogen-bond donors (Lipinski definition) is 1. The molecule has 126 valence electrons. The van der Waals surface area contributed by atoms with E-state index >= 15 is 0 Å². The largest absolute Gasteiger partial charge is 0.481 e. The molecule has 5 heteroatoms. The van der Waals surface area contributed by atoms with Gasteiger partial charge in [0.15, 0.2) is 6.10 Å². The lowest BCUT2D eigenvalue weighted by Gasteiger charge is -2.32. The number of nitrogens with one attached hydrogen (secondary N) is 1. The molecule has 2 amide bonds. The maximum absolute atomic E-state index is 12.5. The summed E-state index contributed by atoms with van der Waals surface area (Å²) in [6, 6.07) is 7.38. The average molecular weight is 318 g/mol. The smallest absolute Gasteiger partial charge is 0.263 e. The van der Waals surface area contributed by atoms with Gasteiger partial charge in [0.2, 0.25) is 5.91 Å². The Morgan fingerprint density at radius 2 is 1.78 bits per heavy atom. The van der Waals surface area contributed by atoms with Crippen molar-refractivity contribution in [1.29, 1.82) is 0 Å². The molecule has 1 atom stereocenters. The van der Waals surface area contributed by atoms with E-state index in [0.717, 1.165) is 12.8 Å². The zero-order chi connectivity index (χ0) is 16.8. The second kappa shape index (κ2) is 7.99. The molecule has 1 N–H and O–H groups in total. The van der Waals surface area contributed by atoms with Crippen LogP contribution in [-0.2, 0) is 9.59 Å². The predicted molar refractivity (Wildman–Crippen MR) is 90.5 cm³/mol.